The lowest BCUT2D eigenvalue weighted by molar-refractivity contribution is -0.139. The van der Waals surface area contributed by atoms with Crippen molar-refractivity contribution >= 4 is 46.5 Å². The van der Waals surface area contributed by atoms with E-state index in [-0.39, 0.29) is 24.0 Å². The molecule has 0 fully saturated rings. The van der Waals surface area contributed by atoms with Gasteiger partial charge in [-0.2, -0.15) is 0 Å². The van der Waals surface area contributed by atoms with Gasteiger partial charge >= 0.3 is 11.9 Å². The molecule has 0 aliphatic carbocycles. The third kappa shape index (κ3) is 8.86. The molecular weight excluding hydrogens is 518 g/mol. The van der Waals surface area contributed by atoms with Crippen LogP contribution in [-0.4, -0.2) is 49.5 Å². The van der Waals surface area contributed by atoms with Crippen LogP contribution in [0.5, 0.6) is 5.75 Å². The molecule has 8 nitrogen and oxygen atoms in total. The van der Waals surface area contributed by atoms with Gasteiger partial charge in [0.1, 0.15) is 18.9 Å². The highest BCUT2D eigenvalue weighted by Crippen LogP contribution is 2.24. The number of hydrogen-bond donors (Lipinski definition) is 0. The zero-order chi connectivity index (χ0) is 28.2. The summed E-state index contributed by atoms with van der Waals surface area (Å²) in [4.78, 5) is 50.6. The van der Waals surface area contributed by atoms with Gasteiger partial charge in [-0.1, -0.05) is 54.2 Å². The smallest absolute Gasteiger partial charge is 0.337 e. The number of esters is 2. The second-order valence-corrected chi connectivity index (χ2v) is 9.45. The van der Waals surface area contributed by atoms with Crippen LogP contribution in [0.3, 0.4) is 0 Å². The highest BCUT2D eigenvalue weighted by atomic mass is 32.2. The lowest BCUT2D eigenvalue weighted by Gasteiger charge is -2.23. The molecule has 0 aliphatic rings. The molecule has 39 heavy (non-hydrogen) atoms. The molecule has 3 rings (SSSR count). The Morgan fingerprint density at radius 3 is 2.23 bits per heavy atom. The summed E-state index contributed by atoms with van der Waals surface area (Å²) in [6.07, 6.45) is 1.71. The van der Waals surface area contributed by atoms with Crippen molar-refractivity contribution in [3.63, 3.8) is 0 Å². The molecule has 1 amide bonds. The summed E-state index contributed by atoms with van der Waals surface area (Å²) >= 11 is 1.02. The van der Waals surface area contributed by atoms with Crippen LogP contribution in [0.4, 0.5) is 5.69 Å². The van der Waals surface area contributed by atoms with Gasteiger partial charge in [-0.05, 0) is 53.6 Å². The Morgan fingerprint density at radius 1 is 0.872 bits per heavy atom. The maximum atomic E-state index is 13.7. The number of nitrogens with zero attached hydrogens (tertiary/aromatic N) is 1. The van der Waals surface area contributed by atoms with Crippen LogP contribution < -0.4 is 9.64 Å². The first-order chi connectivity index (χ1) is 18.8. The quantitative estimate of drug-likeness (QED) is 0.246. The van der Waals surface area contributed by atoms with E-state index >= 15 is 0 Å². The SMILES string of the molecule is COC(=O)CN(C(=O)C(=Cc1ccccc1)CSC(C)=O)c1ccc(OCc2cccc(C(=O)OC)c2)cc1. The fourth-order valence-corrected chi connectivity index (χ4v) is 4.10. The predicted octanol–water partition coefficient (Wildman–Crippen LogP) is 4.92. The number of methoxy groups -OCH3 is 2. The molecule has 0 N–H and O–H groups in total. The monoisotopic (exact) mass is 547 g/mol. The van der Waals surface area contributed by atoms with E-state index < -0.39 is 17.8 Å². The molecule has 3 aromatic rings. The van der Waals surface area contributed by atoms with Crippen molar-refractivity contribution in [3.05, 3.63) is 101 Å². The zero-order valence-electron chi connectivity index (χ0n) is 21.9. The van der Waals surface area contributed by atoms with E-state index in [4.69, 9.17) is 14.2 Å². The molecule has 0 unspecified atom stereocenters. The van der Waals surface area contributed by atoms with E-state index in [1.165, 1.54) is 26.0 Å². The summed E-state index contributed by atoms with van der Waals surface area (Å²) in [6.45, 7) is 1.33. The van der Waals surface area contributed by atoms with Gasteiger partial charge in [0, 0.05) is 23.9 Å². The second-order valence-electron chi connectivity index (χ2n) is 8.30. The molecule has 202 valence electrons. The summed E-state index contributed by atoms with van der Waals surface area (Å²) in [7, 11) is 2.58. The van der Waals surface area contributed by atoms with Crippen molar-refractivity contribution in [2.24, 2.45) is 0 Å². The molecule has 9 heteroatoms. The van der Waals surface area contributed by atoms with Crippen molar-refractivity contribution in [1.29, 1.82) is 0 Å². The molecule has 0 spiro atoms. The standard InChI is InChI=1S/C30H29NO7S/c1-21(32)39-20-25(16-22-8-5-4-6-9-22)29(34)31(18-28(33)36-2)26-12-14-27(15-13-26)38-19-23-10-7-11-24(17-23)30(35)37-3/h4-17H,18-20H2,1-3H3. The number of benzene rings is 3. The van der Waals surface area contributed by atoms with Crippen molar-refractivity contribution in [2.45, 2.75) is 13.5 Å². The molecule has 0 atom stereocenters. The van der Waals surface area contributed by atoms with Gasteiger partial charge in [-0.15, -0.1) is 0 Å². The molecule has 0 saturated carbocycles. The number of carbonyl (C=O) groups is 4. The van der Waals surface area contributed by atoms with Crippen LogP contribution in [0, 0.1) is 0 Å². The largest absolute Gasteiger partial charge is 0.489 e. The maximum absolute atomic E-state index is 13.7. The first-order valence-corrected chi connectivity index (χ1v) is 13.0. The van der Waals surface area contributed by atoms with E-state index in [1.807, 2.05) is 36.4 Å². The summed E-state index contributed by atoms with van der Waals surface area (Å²) in [5.41, 5.74) is 2.81. The van der Waals surface area contributed by atoms with Gasteiger partial charge in [0.15, 0.2) is 5.12 Å². The summed E-state index contributed by atoms with van der Waals surface area (Å²) < 4.78 is 15.4. The van der Waals surface area contributed by atoms with E-state index in [0.29, 0.717) is 22.6 Å². The minimum Gasteiger partial charge on any atom is -0.489 e. The van der Waals surface area contributed by atoms with Crippen LogP contribution >= 0.6 is 11.8 Å². The van der Waals surface area contributed by atoms with Crippen molar-refractivity contribution < 1.29 is 33.4 Å². The van der Waals surface area contributed by atoms with Gasteiger partial charge in [-0.25, -0.2) is 4.79 Å². The fourth-order valence-electron chi connectivity index (χ4n) is 3.54. The summed E-state index contributed by atoms with van der Waals surface area (Å²) in [5.74, 6) is -0.774. The molecular formula is C30H29NO7S. The summed E-state index contributed by atoms with van der Waals surface area (Å²) in [5, 5.41) is -0.125. The zero-order valence-corrected chi connectivity index (χ0v) is 22.7. The van der Waals surface area contributed by atoms with E-state index in [2.05, 4.69) is 0 Å². The Bertz CT molecular complexity index is 1340. The number of thioether (sulfide) groups is 1. The molecule has 3 aromatic carbocycles. The normalized spacial score (nSPS) is 10.9. The Hall–Kier alpha value is -4.37. The number of anilines is 1. The van der Waals surface area contributed by atoms with E-state index in [9.17, 15) is 19.2 Å². The third-order valence-electron chi connectivity index (χ3n) is 5.51. The van der Waals surface area contributed by atoms with Crippen LogP contribution in [0.1, 0.15) is 28.4 Å². The molecule has 0 heterocycles. The molecule has 0 saturated heterocycles. The van der Waals surface area contributed by atoms with Crippen LogP contribution in [-0.2, 0) is 30.5 Å². The first-order valence-electron chi connectivity index (χ1n) is 12.0. The number of amides is 1. The van der Waals surface area contributed by atoms with Crippen LogP contribution in [0.2, 0.25) is 0 Å². The Kier molecular flexibility index (Phi) is 10.9. The Labute approximate surface area is 231 Å². The Balaban J connectivity index is 1.83. The topological polar surface area (TPSA) is 99.2 Å². The summed E-state index contributed by atoms with van der Waals surface area (Å²) in [6, 6.07) is 22.9. The van der Waals surface area contributed by atoms with Crippen molar-refractivity contribution in [2.75, 3.05) is 31.4 Å². The van der Waals surface area contributed by atoms with Crippen molar-refractivity contribution in [1.82, 2.24) is 0 Å². The first kappa shape index (κ1) is 29.2. The average Bonchev–Trinajstić information content (AvgIpc) is 2.97. The van der Waals surface area contributed by atoms with Gasteiger partial charge < -0.3 is 14.2 Å². The van der Waals surface area contributed by atoms with Gasteiger partial charge in [-0.3, -0.25) is 19.3 Å². The molecule has 0 aliphatic heterocycles. The average molecular weight is 548 g/mol. The van der Waals surface area contributed by atoms with Gasteiger partial charge in [0.25, 0.3) is 5.91 Å². The van der Waals surface area contributed by atoms with Gasteiger partial charge in [0.05, 0.1) is 19.8 Å². The number of hydrogen-bond acceptors (Lipinski definition) is 8. The Morgan fingerprint density at radius 2 is 1.59 bits per heavy atom. The number of carbonyl (C=O) groups excluding carboxylic acids is 4. The third-order valence-corrected chi connectivity index (χ3v) is 6.37. The predicted molar refractivity (Wildman–Crippen MR) is 150 cm³/mol. The van der Waals surface area contributed by atoms with Crippen LogP contribution in [0.15, 0.2) is 84.4 Å². The minimum atomic E-state index is -0.590. The number of ether oxygens (including phenoxy) is 3. The molecule has 0 bridgehead atoms. The van der Waals surface area contributed by atoms with E-state index in [0.717, 1.165) is 22.9 Å². The second kappa shape index (κ2) is 14.5. The fraction of sp³-hybridized carbons (Fsp3) is 0.200. The van der Waals surface area contributed by atoms with Gasteiger partial charge in [0.2, 0.25) is 0 Å². The minimum absolute atomic E-state index is 0.125. The lowest BCUT2D eigenvalue weighted by atomic mass is 10.1. The highest BCUT2D eigenvalue weighted by Gasteiger charge is 2.24. The number of rotatable bonds is 11. The van der Waals surface area contributed by atoms with Crippen LogP contribution in [0.25, 0.3) is 6.08 Å². The molecule has 0 radical (unpaired) electrons. The maximum Gasteiger partial charge on any atom is 0.337 e. The molecule has 0 aromatic heterocycles. The van der Waals surface area contributed by atoms with Crippen molar-refractivity contribution in [3.8, 4) is 5.75 Å². The lowest BCUT2D eigenvalue weighted by Crippen LogP contribution is -2.37. The van der Waals surface area contributed by atoms with E-state index in [1.54, 1.807) is 48.5 Å². The highest BCUT2D eigenvalue weighted by molar-refractivity contribution is 8.13.